The zero-order valence-electron chi connectivity index (χ0n) is 12.7. The van der Waals surface area contributed by atoms with Crippen LogP contribution in [0, 0.1) is 0 Å². The first-order valence-corrected chi connectivity index (χ1v) is 9.36. The van der Waals surface area contributed by atoms with E-state index in [-0.39, 0.29) is 18.4 Å². The summed E-state index contributed by atoms with van der Waals surface area (Å²) in [7, 11) is -3.27. The van der Waals surface area contributed by atoms with Crippen molar-refractivity contribution in [3.8, 4) is 0 Å². The van der Waals surface area contributed by atoms with Gasteiger partial charge in [0, 0.05) is 12.6 Å². The second kappa shape index (κ2) is 7.38. The van der Waals surface area contributed by atoms with E-state index in [0.29, 0.717) is 6.54 Å². The molecule has 1 aromatic carbocycles. The Kier molecular flexibility index (Phi) is 5.79. The lowest BCUT2D eigenvalue weighted by Crippen LogP contribution is -2.40. The molecule has 1 unspecified atom stereocenters. The fraction of sp³-hybridized carbons (Fsp3) is 0.625. The van der Waals surface area contributed by atoms with Gasteiger partial charge in [0.05, 0.1) is 12.4 Å². The maximum Gasteiger partial charge on any atom is 0.218 e. The quantitative estimate of drug-likeness (QED) is 0.909. The molecule has 0 bridgehead atoms. The van der Waals surface area contributed by atoms with Crippen LogP contribution in [0.15, 0.2) is 24.3 Å². The van der Waals surface area contributed by atoms with E-state index in [4.69, 9.17) is 5.11 Å². The molecule has 4 nitrogen and oxygen atoms in total. The van der Waals surface area contributed by atoms with Gasteiger partial charge in [0.15, 0.2) is 0 Å². The molecule has 0 saturated carbocycles. The number of rotatable bonds is 5. The molecule has 0 radical (unpaired) electrons. The highest BCUT2D eigenvalue weighted by Gasteiger charge is 2.29. The van der Waals surface area contributed by atoms with Gasteiger partial charge < -0.3 is 5.11 Å². The Labute approximate surface area is 127 Å². The Bertz CT molecular complexity index is 539. The summed E-state index contributed by atoms with van der Waals surface area (Å²) >= 11 is 0. The predicted octanol–water partition coefficient (Wildman–Crippen LogP) is 2.66. The van der Waals surface area contributed by atoms with Gasteiger partial charge in [-0.1, -0.05) is 44.0 Å². The topological polar surface area (TPSA) is 57.6 Å². The van der Waals surface area contributed by atoms with Crippen molar-refractivity contribution in [2.45, 2.75) is 57.4 Å². The first kappa shape index (κ1) is 16.5. The average molecular weight is 311 g/mol. The molecule has 0 spiro atoms. The molecular formula is C16H25NO3S. The summed E-state index contributed by atoms with van der Waals surface area (Å²) in [6, 6.07) is 7.30. The fourth-order valence-electron chi connectivity index (χ4n) is 2.96. The molecule has 1 atom stereocenters. The summed E-state index contributed by atoms with van der Waals surface area (Å²) in [5, 5.41) is 9.04. The third-order valence-corrected chi connectivity index (χ3v) is 6.10. The van der Waals surface area contributed by atoms with Crippen LogP contribution in [0.4, 0.5) is 0 Å². The molecule has 21 heavy (non-hydrogen) atoms. The van der Waals surface area contributed by atoms with Gasteiger partial charge in [-0.3, -0.25) is 0 Å². The van der Waals surface area contributed by atoms with Gasteiger partial charge in [0.25, 0.3) is 0 Å². The van der Waals surface area contributed by atoms with Crippen molar-refractivity contribution >= 4 is 10.0 Å². The van der Waals surface area contributed by atoms with E-state index in [9.17, 15) is 8.42 Å². The monoisotopic (exact) mass is 311 g/mol. The van der Waals surface area contributed by atoms with Crippen molar-refractivity contribution < 1.29 is 13.5 Å². The van der Waals surface area contributed by atoms with Crippen molar-refractivity contribution in [3.05, 3.63) is 35.4 Å². The molecule has 1 aliphatic rings. The number of sulfonamides is 1. The van der Waals surface area contributed by atoms with Gasteiger partial charge in [-0.15, -0.1) is 0 Å². The van der Waals surface area contributed by atoms with Crippen LogP contribution in [-0.4, -0.2) is 30.4 Å². The largest absolute Gasteiger partial charge is 0.392 e. The molecule has 1 heterocycles. The van der Waals surface area contributed by atoms with Gasteiger partial charge >= 0.3 is 0 Å². The highest BCUT2D eigenvalue weighted by atomic mass is 32.2. The zero-order valence-corrected chi connectivity index (χ0v) is 13.5. The van der Waals surface area contributed by atoms with Crippen LogP contribution in [-0.2, 0) is 22.4 Å². The SMILES string of the molecule is CCC1CCCCCN1S(=O)(=O)Cc1ccc(CO)cc1. The first-order chi connectivity index (χ1) is 10.1. The number of aliphatic hydroxyl groups is 1. The molecule has 1 fully saturated rings. The predicted molar refractivity (Wildman–Crippen MR) is 84.2 cm³/mol. The second-order valence-corrected chi connectivity index (χ2v) is 7.67. The van der Waals surface area contributed by atoms with Crippen LogP contribution in [0.3, 0.4) is 0 Å². The van der Waals surface area contributed by atoms with E-state index in [1.165, 1.54) is 0 Å². The van der Waals surface area contributed by atoms with Crippen LogP contribution in [0.2, 0.25) is 0 Å². The lowest BCUT2D eigenvalue weighted by molar-refractivity contribution is 0.282. The maximum absolute atomic E-state index is 12.7. The van der Waals surface area contributed by atoms with Crippen molar-refractivity contribution in [1.82, 2.24) is 4.31 Å². The molecular weight excluding hydrogens is 286 g/mol. The zero-order chi connectivity index (χ0) is 15.3. The number of hydrogen-bond donors (Lipinski definition) is 1. The lowest BCUT2D eigenvalue weighted by atomic mass is 10.1. The molecule has 5 heteroatoms. The average Bonchev–Trinajstić information content (AvgIpc) is 2.73. The van der Waals surface area contributed by atoms with Crippen LogP contribution in [0.5, 0.6) is 0 Å². The van der Waals surface area contributed by atoms with Crippen LogP contribution < -0.4 is 0 Å². The maximum atomic E-state index is 12.7. The highest BCUT2D eigenvalue weighted by Crippen LogP contribution is 2.24. The summed E-state index contributed by atoms with van der Waals surface area (Å²) in [6.45, 7) is 2.70. The van der Waals surface area contributed by atoms with Gasteiger partial charge in [-0.05, 0) is 30.4 Å². The van der Waals surface area contributed by atoms with Gasteiger partial charge in [0.1, 0.15) is 0 Å². The summed E-state index contributed by atoms with van der Waals surface area (Å²) in [5.41, 5.74) is 1.59. The molecule has 0 aliphatic carbocycles. The van der Waals surface area contributed by atoms with Crippen molar-refractivity contribution in [1.29, 1.82) is 0 Å². The Balaban J connectivity index is 2.14. The Morgan fingerprint density at radius 2 is 1.81 bits per heavy atom. The van der Waals surface area contributed by atoms with Gasteiger partial charge in [-0.25, -0.2) is 8.42 Å². The Morgan fingerprint density at radius 1 is 1.14 bits per heavy atom. The minimum Gasteiger partial charge on any atom is -0.392 e. The summed E-state index contributed by atoms with van der Waals surface area (Å²) in [4.78, 5) is 0. The van der Waals surface area contributed by atoms with Gasteiger partial charge in [0.2, 0.25) is 10.0 Å². The Hall–Kier alpha value is -0.910. The van der Waals surface area contributed by atoms with E-state index in [1.54, 1.807) is 28.6 Å². The second-order valence-electron chi connectivity index (χ2n) is 5.75. The minimum atomic E-state index is -3.27. The molecule has 0 amide bonds. The molecule has 0 aromatic heterocycles. The van der Waals surface area contributed by atoms with Crippen LogP contribution >= 0.6 is 0 Å². The highest BCUT2D eigenvalue weighted by molar-refractivity contribution is 7.88. The van der Waals surface area contributed by atoms with Crippen LogP contribution in [0.25, 0.3) is 0 Å². The third-order valence-electron chi connectivity index (χ3n) is 4.21. The molecule has 1 saturated heterocycles. The van der Waals surface area contributed by atoms with Crippen molar-refractivity contribution in [2.24, 2.45) is 0 Å². The minimum absolute atomic E-state index is 0.0168. The molecule has 2 rings (SSSR count). The number of nitrogens with zero attached hydrogens (tertiary/aromatic N) is 1. The first-order valence-electron chi connectivity index (χ1n) is 7.75. The number of aliphatic hydroxyl groups excluding tert-OH is 1. The van der Waals surface area contributed by atoms with Crippen LogP contribution in [0.1, 0.15) is 50.2 Å². The molecule has 1 N–H and O–H groups in total. The standard InChI is InChI=1S/C16H25NO3S/c1-2-16-6-4-3-5-11-17(16)21(19,20)13-15-9-7-14(12-18)8-10-15/h7-10,16,18H,2-6,11-13H2,1H3. The van der Waals surface area contributed by atoms with E-state index >= 15 is 0 Å². The number of benzene rings is 1. The van der Waals surface area contributed by atoms with E-state index in [2.05, 4.69) is 6.92 Å². The smallest absolute Gasteiger partial charge is 0.218 e. The molecule has 1 aliphatic heterocycles. The van der Waals surface area contributed by atoms with Crippen molar-refractivity contribution in [3.63, 3.8) is 0 Å². The fourth-order valence-corrected chi connectivity index (χ4v) is 4.85. The van der Waals surface area contributed by atoms with Crippen molar-refractivity contribution in [2.75, 3.05) is 6.54 Å². The lowest BCUT2D eigenvalue weighted by Gasteiger charge is -2.28. The van der Waals surface area contributed by atoms with E-state index in [0.717, 1.165) is 43.2 Å². The molecule has 1 aromatic rings. The Morgan fingerprint density at radius 3 is 2.43 bits per heavy atom. The summed E-state index contributed by atoms with van der Waals surface area (Å²) < 4.78 is 27.1. The summed E-state index contributed by atoms with van der Waals surface area (Å²) in [5.74, 6) is 0.0508. The third kappa shape index (κ3) is 4.28. The van der Waals surface area contributed by atoms with E-state index < -0.39 is 10.0 Å². The summed E-state index contributed by atoms with van der Waals surface area (Å²) in [6.07, 6.45) is 5.05. The van der Waals surface area contributed by atoms with E-state index in [1.807, 2.05) is 0 Å². The number of hydrogen-bond acceptors (Lipinski definition) is 3. The van der Waals surface area contributed by atoms with Gasteiger partial charge in [-0.2, -0.15) is 4.31 Å². The molecule has 118 valence electrons. The normalized spacial score (nSPS) is 21.1.